The minimum atomic E-state index is -0.510. The predicted octanol–water partition coefficient (Wildman–Crippen LogP) is 1.38. The van der Waals surface area contributed by atoms with Crippen molar-refractivity contribution in [3.05, 3.63) is 33.2 Å². The molecule has 0 aromatic carbocycles. The molecule has 0 fully saturated rings. The summed E-state index contributed by atoms with van der Waals surface area (Å²) in [5.74, 6) is -0.510. The topological polar surface area (TPSA) is 83.0 Å². The molecular formula is C12H14N2O3. The number of hydrogen-bond donors (Lipinski definition) is 1. The molecule has 0 unspecified atom stereocenters. The van der Waals surface area contributed by atoms with Gasteiger partial charge in [-0.25, -0.2) is 4.79 Å². The Morgan fingerprint density at radius 3 is 2.76 bits per heavy atom. The Bertz CT molecular complexity index is 511. The first-order valence-electron chi connectivity index (χ1n) is 5.47. The fourth-order valence-corrected chi connectivity index (χ4v) is 1.49. The van der Waals surface area contributed by atoms with Gasteiger partial charge in [-0.3, -0.25) is 4.79 Å². The van der Waals surface area contributed by atoms with Gasteiger partial charge in [0.1, 0.15) is 11.6 Å². The number of H-pyrrole nitrogens is 1. The van der Waals surface area contributed by atoms with E-state index >= 15 is 0 Å². The van der Waals surface area contributed by atoms with Crippen LogP contribution in [0.25, 0.3) is 0 Å². The van der Waals surface area contributed by atoms with Crippen molar-refractivity contribution in [2.75, 3.05) is 6.61 Å². The molecule has 0 aliphatic rings. The highest BCUT2D eigenvalue weighted by atomic mass is 16.5. The molecule has 17 heavy (non-hydrogen) atoms. The minimum Gasteiger partial charge on any atom is -0.462 e. The third kappa shape index (κ3) is 2.94. The fraction of sp³-hybridized carbons (Fsp3) is 0.417. The molecule has 0 amide bonds. The van der Waals surface area contributed by atoms with Crippen LogP contribution in [0.5, 0.6) is 0 Å². The standard InChI is InChI=1S/C12H14N2O3/c1-3-5-10-9(12(16)17-4-2)6-8(7-13)11(15)14-10/h6H,3-5H2,1-2H3,(H,14,15). The van der Waals surface area contributed by atoms with Crippen molar-refractivity contribution < 1.29 is 9.53 Å². The summed E-state index contributed by atoms with van der Waals surface area (Å²) in [4.78, 5) is 25.7. The maximum absolute atomic E-state index is 11.7. The van der Waals surface area contributed by atoms with Gasteiger partial charge < -0.3 is 9.72 Å². The van der Waals surface area contributed by atoms with Crippen LogP contribution in [0, 0.1) is 11.3 Å². The monoisotopic (exact) mass is 234 g/mol. The second kappa shape index (κ2) is 5.85. The third-order valence-electron chi connectivity index (χ3n) is 2.24. The van der Waals surface area contributed by atoms with Crippen LogP contribution in [0.3, 0.4) is 0 Å². The second-order valence-electron chi connectivity index (χ2n) is 3.49. The highest BCUT2D eigenvalue weighted by Crippen LogP contribution is 2.10. The molecule has 1 N–H and O–H groups in total. The number of nitrogens with zero attached hydrogens (tertiary/aromatic N) is 1. The number of aromatic nitrogens is 1. The molecule has 1 aromatic heterocycles. The Labute approximate surface area is 99.0 Å². The van der Waals surface area contributed by atoms with Crippen molar-refractivity contribution in [2.45, 2.75) is 26.7 Å². The number of carbonyl (C=O) groups is 1. The average molecular weight is 234 g/mol. The van der Waals surface area contributed by atoms with E-state index in [0.717, 1.165) is 6.42 Å². The number of hydrogen-bond acceptors (Lipinski definition) is 4. The van der Waals surface area contributed by atoms with Crippen molar-refractivity contribution in [2.24, 2.45) is 0 Å². The maximum atomic E-state index is 11.7. The van der Waals surface area contributed by atoms with E-state index in [2.05, 4.69) is 4.98 Å². The number of pyridine rings is 1. The lowest BCUT2D eigenvalue weighted by atomic mass is 10.1. The quantitative estimate of drug-likeness (QED) is 0.797. The molecule has 0 spiro atoms. The molecule has 0 saturated carbocycles. The number of rotatable bonds is 4. The molecular weight excluding hydrogens is 220 g/mol. The van der Waals surface area contributed by atoms with Gasteiger partial charge in [0, 0.05) is 5.69 Å². The number of nitriles is 1. The molecule has 5 nitrogen and oxygen atoms in total. The highest BCUT2D eigenvalue weighted by molar-refractivity contribution is 5.91. The molecule has 0 saturated heterocycles. The Kier molecular flexibility index (Phi) is 4.46. The molecule has 1 heterocycles. The normalized spacial score (nSPS) is 9.71. The van der Waals surface area contributed by atoms with Gasteiger partial charge in [0.25, 0.3) is 5.56 Å². The van der Waals surface area contributed by atoms with Gasteiger partial charge in [0.05, 0.1) is 12.2 Å². The largest absolute Gasteiger partial charge is 0.462 e. The van der Waals surface area contributed by atoms with Gasteiger partial charge in [-0.1, -0.05) is 13.3 Å². The number of aromatic amines is 1. The molecule has 0 atom stereocenters. The van der Waals surface area contributed by atoms with E-state index in [1.807, 2.05) is 6.92 Å². The summed E-state index contributed by atoms with van der Waals surface area (Å²) in [5, 5.41) is 8.75. The molecule has 90 valence electrons. The van der Waals surface area contributed by atoms with Crippen molar-refractivity contribution in [1.29, 1.82) is 5.26 Å². The van der Waals surface area contributed by atoms with E-state index in [4.69, 9.17) is 10.00 Å². The molecule has 0 bridgehead atoms. The smallest absolute Gasteiger partial charge is 0.339 e. The Morgan fingerprint density at radius 1 is 1.53 bits per heavy atom. The third-order valence-corrected chi connectivity index (χ3v) is 2.24. The highest BCUT2D eigenvalue weighted by Gasteiger charge is 2.15. The molecule has 0 aliphatic heterocycles. The van der Waals surface area contributed by atoms with Gasteiger partial charge in [0.2, 0.25) is 0 Å². The summed E-state index contributed by atoms with van der Waals surface area (Å²) in [7, 11) is 0. The van der Waals surface area contributed by atoms with Gasteiger partial charge in [0.15, 0.2) is 0 Å². The average Bonchev–Trinajstić information content (AvgIpc) is 2.30. The van der Waals surface area contributed by atoms with Crippen molar-refractivity contribution in [3.63, 3.8) is 0 Å². The van der Waals surface area contributed by atoms with Gasteiger partial charge in [-0.2, -0.15) is 5.26 Å². The van der Waals surface area contributed by atoms with E-state index in [9.17, 15) is 9.59 Å². The SMILES string of the molecule is CCCc1[nH]c(=O)c(C#N)cc1C(=O)OCC. The summed E-state index contributed by atoms with van der Waals surface area (Å²) < 4.78 is 4.88. The van der Waals surface area contributed by atoms with E-state index in [1.165, 1.54) is 6.07 Å². The summed E-state index contributed by atoms with van der Waals surface area (Å²) in [6, 6.07) is 3.04. The zero-order chi connectivity index (χ0) is 12.8. The van der Waals surface area contributed by atoms with E-state index in [1.54, 1.807) is 13.0 Å². The van der Waals surface area contributed by atoms with Gasteiger partial charge in [-0.15, -0.1) is 0 Å². The zero-order valence-corrected chi connectivity index (χ0v) is 9.87. The summed E-state index contributed by atoms with van der Waals surface area (Å²) in [5.41, 5.74) is 0.247. The van der Waals surface area contributed by atoms with Crippen LogP contribution in [-0.2, 0) is 11.2 Å². The summed E-state index contributed by atoms with van der Waals surface area (Å²) >= 11 is 0. The summed E-state index contributed by atoms with van der Waals surface area (Å²) in [6.45, 7) is 3.89. The van der Waals surface area contributed by atoms with Crippen LogP contribution >= 0.6 is 0 Å². The van der Waals surface area contributed by atoms with E-state index in [0.29, 0.717) is 12.1 Å². The maximum Gasteiger partial charge on any atom is 0.339 e. The summed E-state index contributed by atoms with van der Waals surface area (Å²) in [6.07, 6.45) is 1.35. The number of esters is 1. The molecule has 5 heteroatoms. The van der Waals surface area contributed by atoms with Gasteiger partial charge >= 0.3 is 5.97 Å². The van der Waals surface area contributed by atoms with Crippen LogP contribution in [-0.4, -0.2) is 17.6 Å². The minimum absolute atomic E-state index is 0.0760. The molecule has 0 radical (unpaired) electrons. The van der Waals surface area contributed by atoms with Crippen LogP contribution in [0.1, 0.15) is 41.9 Å². The predicted molar refractivity (Wildman–Crippen MR) is 61.7 cm³/mol. The van der Waals surface area contributed by atoms with Crippen molar-refractivity contribution in [1.82, 2.24) is 4.98 Å². The van der Waals surface area contributed by atoms with Crippen molar-refractivity contribution >= 4 is 5.97 Å². The van der Waals surface area contributed by atoms with E-state index < -0.39 is 11.5 Å². The molecule has 1 rings (SSSR count). The first-order valence-corrected chi connectivity index (χ1v) is 5.47. The van der Waals surface area contributed by atoms with Crippen LogP contribution in [0.4, 0.5) is 0 Å². The lowest BCUT2D eigenvalue weighted by Crippen LogP contribution is -2.18. The second-order valence-corrected chi connectivity index (χ2v) is 3.49. The molecule has 1 aromatic rings. The Hall–Kier alpha value is -2.09. The number of aryl methyl sites for hydroxylation is 1. The first-order chi connectivity index (χ1) is 8.13. The lowest BCUT2D eigenvalue weighted by molar-refractivity contribution is 0.0524. The van der Waals surface area contributed by atoms with E-state index in [-0.39, 0.29) is 17.7 Å². The van der Waals surface area contributed by atoms with Gasteiger partial charge in [-0.05, 0) is 19.4 Å². The van der Waals surface area contributed by atoms with Crippen molar-refractivity contribution in [3.8, 4) is 6.07 Å². The molecule has 0 aliphatic carbocycles. The fourth-order valence-electron chi connectivity index (χ4n) is 1.49. The Morgan fingerprint density at radius 2 is 2.24 bits per heavy atom. The number of nitrogens with one attached hydrogen (secondary N) is 1. The Balaban J connectivity index is 3.29. The van der Waals surface area contributed by atoms with Crippen LogP contribution in [0.15, 0.2) is 10.9 Å². The van der Waals surface area contributed by atoms with Crippen LogP contribution in [0.2, 0.25) is 0 Å². The number of ether oxygens (including phenoxy) is 1. The van der Waals surface area contributed by atoms with Crippen LogP contribution < -0.4 is 5.56 Å². The lowest BCUT2D eigenvalue weighted by Gasteiger charge is -2.07. The number of carbonyl (C=O) groups excluding carboxylic acids is 1. The zero-order valence-electron chi connectivity index (χ0n) is 9.87. The first kappa shape index (κ1) is 13.0.